The number of rotatable bonds is 7. The molecule has 0 aromatic heterocycles. The van der Waals surface area contributed by atoms with Gasteiger partial charge in [-0.3, -0.25) is 9.59 Å². The number of unbranched alkanes of at least 4 members (excludes halogenated alkanes) is 1. The number of esters is 1. The first kappa shape index (κ1) is 13.9. The lowest BCUT2D eigenvalue weighted by atomic mass is 10.2. The molecule has 0 aliphatic carbocycles. The molecule has 88 valence electrons. The maximum Gasteiger partial charge on any atom is 0.305 e. The van der Waals surface area contributed by atoms with Crippen molar-refractivity contribution in [2.45, 2.75) is 38.7 Å². The minimum Gasteiger partial charge on any atom is -0.469 e. The lowest BCUT2D eigenvalue weighted by molar-refractivity contribution is -0.140. The fourth-order valence-corrected chi connectivity index (χ4v) is 1.01. The molecule has 0 aliphatic rings. The van der Waals surface area contributed by atoms with Gasteiger partial charge in [-0.25, -0.2) is 0 Å². The monoisotopic (exact) mass is 217 g/mol. The lowest BCUT2D eigenvalue weighted by Crippen LogP contribution is -2.30. The van der Waals surface area contributed by atoms with E-state index in [0.717, 1.165) is 0 Å². The van der Waals surface area contributed by atoms with Crippen molar-refractivity contribution in [3.8, 4) is 0 Å². The largest absolute Gasteiger partial charge is 0.469 e. The molecule has 0 heterocycles. The van der Waals surface area contributed by atoms with E-state index in [1.807, 2.05) is 0 Å². The molecule has 1 atom stereocenters. The Morgan fingerprint density at radius 2 is 1.93 bits per heavy atom. The smallest absolute Gasteiger partial charge is 0.305 e. The molecular formula is C10H19NO4. The summed E-state index contributed by atoms with van der Waals surface area (Å²) in [5.41, 5.74) is 0. The molecule has 2 N–H and O–H groups in total. The van der Waals surface area contributed by atoms with Gasteiger partial charge < -0.3 is 15.2 Å². The van der Waals surface area contributed by atoms with Gasteiger partial charge in [0, 0.05) is 19.4 Å². The number of hydrogen-bond acceptors (Lipinski definition) is 4. The summed E-state index contributed by atoms with van der Waals surface area (Å²) in [6.07, 6.45) is 1.50. The minimum absolute atomic E-state index is 0.0965. The summed E-state index contributed by atoms with van der Waals surface area (Å²) in [7, 11) is 1.34. The molecule has 0 aliphatic heterocycles. The SMILES string of the molecule is COC(=O)CCCCC(=O)NCC(C)O. The highest BCUT2D eigenvalue weighted by molar-refractivity contribution is 5.76. The number of ether oxygens (including phenoxy) is 1. The number of aliphatic hydroxyl groups excluding tert-OH is 1. The van der Waals surface area contributed by atoms with Crippen LogP contribution in [0.2, 0.25) is 0 Å². The summed E-state index contributed by atoms with van der Waals surface area (Å²) < 4.78 is 4.46. The predicted molar refractivity (Wildman–Crippen MR) is 55.2 cm³/mol. The number of nitrogens with one attached hydrogen (secondary N) is 1. The Morgan fingerprint density at radius 1 is 1.33 bits per heavy atom. The van der Waals surface area contributed by atoms with Crippen LogP contribution >= 0.6 is 0 Å². The first-order valence-electron chi connectivity index (χ1n) is 5.08. The number of aliphatic hydroxyl groups is 1. The fraction of sp³-hybridized carbons (Fsp3) is 0.800. The first-order valence-corrected chi connectivity index (χ1v) is 5.08. The molecular weight excluding hydrogens is 198 g/mol. The maximum absolute atomic E-state index is 11.1. The standard InChI is InChI=1S/C10H19NO4/c1-8(12)7-11-9(13)5-3-4-6-10(14)15-2/h8,12H,3-7H2,1-2H3,(H,11,13). The average molecular weight is 217 g/mol. The molecule has 1 unspecified atom stereocenters. The quantitative estimate of drug-likeness (QED) is 0.472. The zero-order valence-corrected chi connectivity index (χ0v) is 9.28. The zero-order chi connectivity index (χ0) is 11.7. The molecule has 0 saturated heterocycles. The van der Waals surface area contributed by atoms with Crippen LogP contribution in [0.3, 0.4) is 0 Å². The van der Waals surface area contributed by atoms with Crippen LogP contribution < -0.4 is 5.32 Å². The summed E-state index contributed by atoms with van der Waals surface area (Å²) in [5, 5.41) is 11.5. The van der Waals surface area contributed by atoms with E-state index in [0.29, 0.717) is 25.7 Å². The minimum atomic E-state index is -0.524. The van der Waals surface area contributed by atoms with Gasteiger partial charge in [0.25, 0.3) is 0 Å². The van der Waals surface area contributed by atoms with Crippen molar-refractivity contribution < 1.29 is 19.4 Å². The molecule has 0 aromatic rings. The maximum atomic E-state index is 11.1. The third-order valence-corrected chi connectivity index (χ3v) is 1.86. The summed E-state index contributed by atoms with van der Waals surface area (Å²) in [4.78, 5) is 21.8. The number of amides is 1. The van der Waals surface area contributed by atoms with Crippen LogP contribution in [0.15, 0.2) is 0 Å². The highest BCUT2D eigenvalue weighted by Crippen LogP contribution is 2.00. The van der Waals surface area contributed by atoms with E-state index < -0.39 is 6.10 Å². The summed E-state index contributed by atoms with van der Waals surface area (Å²) in [5.74, 6) is -0.347. The van der Waals surface area contributed by atoms with Crippen LogP contribution in [0.25, 0.3) is 0 Å². The zero-order valence-electron chi connectivity index (χ0n) is 9.28. The van der Waals surface area contributed by atoms with Gasteiger partial charge in [-0.1, -0.05) is 0 Å². The van der Waals surface area contributed by atoms with Crippen molar-refractivity contribution in [1.82, 2.24) is 5.32 Å². The molecule has 0 radical (unpaired) electrons. The molecule has 5 nitrogen and oxygen atoms in total. The second-order valence-corrected chi connectivity index (χ2v) is 3.44. The van der Waals surface area contributed by atoms with Gasteiger partial charge in [0.1, 0.15) is 0 Å². The Labute approximate surface area is 89.8 Å². The van der Waals surface area contributed by atoms with Crippen LogP contribution in [0.1, 0.15) is 32.6 Å². The van der Waals surface area contributed by atoms with E-state index in [9.17, 15) is 9.59 Å². The van der Waals surface area contributed by atoms with Gasteiger partial charge in [-0.05, 0) is 19.8 Å². The third kappa shape index (κ3) is 9.21. The lowest BCUT2D eigenvalue weighted by Gasteiger charge is -2.06. The third-order valence-electron chi connectivity index (χ3n) is 1.86. The van der Waals surface area contributed by atoms with Gasteiger partial charge in [0.15, 0.2) is 0 Å². The van der Waals surface area contributed by atoms with E-state index in [1.54, 1.807) is 6.92 Å². The number of carbonyl (C=O) groups is 2. The first-order chi connectivity index (χ1) is 7.06. The molecule has 0 bridgehead atoms. The van der Waals surface area contributed by atoms with E-state index in [2.05, 4.69) is 10.1 Å². The predicted octanol–water partition coefficient (Wildman–Crippen LogP) is 0.217. The van der Waals surface area contributed by atoms with E-state index in [1.165, 1.54) is 7.11 Å². The topological polar surface area (TPSA) is 75.6 Å². The van der Waals surface area contributed by atoms with Crippen LogP contribution in [-0.4, -0.2) is 36.7 Å². The van der Waals surface area contributed by atoms with Crippen molar-refractivity contribution >= 4 is 11.9 Å². The molecule has 5 heteroatoms. The summed E-state index contributed by atoms with van der Waals surface area (Å²) in [6.45, 7) is 1.88. The fourth-order valence-electron chi connectivity index (χ4n) is 1.01. The Kier molecular flexibility index (Phi) is 7.62. The van der Waals surface area contributed by atoms with Gasteiger partial charge in [-0.2, -0.15) is 0 Å². The Morgan fingerprint density at radius 3 is 2.47 bits per heavy atom. The molecule has 0 aromatic carbocycles. The molecule has 0 saturated carbocycles. The average Bonchev–Trinajstić information content (AvgIpc) is 2.21. The molecule has 0 spiro atoms. The Bertz CT molecular complexity index is 204. The normalized spacial score (nSPS) is 11.9. The van der Waals surface area contributed by atoms with Gasteiger partial charge in [0.05, 0.1) is 13.2 Å². The highest BCUT2D eigenvalue weighted by atomic mass is 16.5. The van der Waals surface area contributed by atoms with E-state index >= 15 is 0 Å². The van der Waals surface area contributed by atoms with Crippen LogP contribution in [0, 0.1) is 0 Å². The van der Waals surface area contributed by atoms with Gasteiger partial charge in [-0.15, -0.1) is 0 Å². The summed E-state index contributed by atoms with van der Waals surface area (Å²) in [6, 6.07) is 0. The van der Waals surface area contributed by atoms with Gasteiger partial charge in [0.2, 0.25) is 5.91 Å². The number of carbonyl (C=O) groups excluding carboxylic acids is 2. The second kappa shape index (κ2) is 8.23. The van der Waals surface area contributed by atoms with Crippen molar-refractivity contribution in [3.63, 3.8) is 0 Å². The number of hydrogen-bond donors (Lipinski definition) is 2. The van der Waals surface area contributed by atoms with Crippen LogP contribution in [0.4, 0.5) is 0 Å². The molecule has 1 amide bonds. The van der Waals surface area contributed by atoms with Crippen LogP contribution in [0.5, 0.6) is 0 Å². The van der Waals surface area contributed by atoms with Crippen LogP contribution in [-0.2, 0) is 14.3 Å². The second-order valence-electron chi connectivity index (χ2n) is 3.44. The molecule has 0 rings (SSSR count). The highest BCUT2D eigenvalue weighted by Gasteiger charge is 2.04. The van der Waals surface area contributed by atoms with Crippen molar-refractivity contribution in [2.75, 3.05) is 13.7 Å². The van der Waals surface area contributed by atoms with Crippen molar-refractivity contribution in [2.24, 2.45) is 0 Å². The Balaban J connectivity index is 3.35. The summed E-state index contributed by atoms with van der Waals surface area (Å²) >= 11 is 0. The van der Waals surface area contributed by atoms with Crippen molar-refractivity contribution in [1.29, 1.82) is 0 Å². The van der Waals surface area contributed by atoms with Crippen molar-refractivity contribution in [3.05, 3.63) is 0 Å². The molecule has 15 heavy (non-hydrogen) atoms. The Hall–Kier alpha value is -1.10. The number of methoxy groups -OCH3 is 1. The van der Waals surface area contributed by atoms with E-state index in [-0.39, 0.29) is 18.4 Å². The van der Waals surface area contributed by atoms with E-state index in [4.69, 9.17) is 5.11 Å². The van der Waals surface area contributed by atoms with Gasteiger partial charge >= 0.3 is 5.97 Å². The molecule has 0 fully saturated rings.